The molecule has 0 saturated carbocycles. The Kier molecular flexibility index (Phi) is 7.10. The molecule has 3 aromatic carbocycles. The van der Waals surface area contributed by atoms with E-state index in [1.54, 1.807) is 0 Å². The Morgan fingerprint density at radius 3 is 2.03 bits per heavy atom. The molecule has 32 heavy (non-hydrogen) atoms. The van der Waals surface area contributed by atoms with Gasteiger partial charge in [-0.15, -0.1) is 0 Å². The molecule has 0 aliphatic rings. The van der Waals surface area contributed by atoms with Gasteiger partial charge in [-0.3, -0.25) is 4.79 Å². The SMILES string of the molecule is NC(Cc1ccccc1)c1nc(C(=O)NCCC(c2ccccc2)c2ccccc2)co1. The Hall–Kier alpha value is -3.70. The number of aromatic nitrogens is 1. The number of hydrogen-bond donors (Lipinski definition) is 2. The third-order valence-corrected chi connectivity index (χ3v) is 5.49. The number of hydrogen-bond acceptors (Lipinski definition) is 4. The largest absolute Gasteiger partial charge is 0.446 e. The molecule has 0 fully saturated rings. The second kappa shape index (κ2) is 10.6. The zero-order valence-corrected chi connectivity index (χ0v) is 17.9. The molecule has 1 heterocycles. The molecule has 0 bridgehead atoms. The fraction of sp³-hybridized carbons (Fsp3) is 0.185. The monoisotopic (exact) mass is 425 g/mol. The lowest BCUT2D eigenvalue weighted by molar-refractivity contribution is 0.0947. The van der Waals surface area contributed by atoms with Gasteiger partial charge in [0.1, 0.15) is 6.26 Å². The summed E-state index contributed by atoms with van der Waals surface area (Å²) in [5.74, 6) is 0.307. The van der Waals surface area contributed by atoms with Crippen LogP contribution >= 0.6 is 0 Å². The normalized spacial score (nSPS) is 11.9. The van der Waals surface area contributed by atoms with E-state index in [-0.39, 0.29) is 17.5 Å². The Labute approximate surface area is 188 Å². The van der Waals surface area contributed by atoms with Gasteiger partial charge in [0, 0.05) is 12.5 Å². The maximum Gasteiger partial charge on any atom is 0.273 e. The summed E-state index contributed by atoms with van der Waals surface area (Å²) in [7, 11) is 0. The third-order valence-electron chi connectivity index (χ3n) is 5.49. The predicted molar refractivity (Wildman–Crippen MR) is 125 cm³/mol. The first-order chi connectivity index (χ1) is 15.7. The molecule has 0 saturated heterocycles. The van der Waals surface area contributed by atoms with Crippen molar-refractivity contribution in [3.63, 3.8) is 0 Å². The summed E-state index contributed by atoms with van der Waals surface area (Å²) < 4.78 is 5.49. The highest BCUT2D eigenvalue weighted by atomic mass is 16.3. The van der Waals surface area contributed by atoms with E-state index in [0.717, 1.165) is 12.0 Å². The number of rotatable bonds is 9. The summed E-state index contributed by atoms with van der Waals surface area (Å²) in [4.78, 5) is 16.9. The molecule has 5 nitrogen and oxygen atoms in total. The minimum Gasteiger partial charge on any atom is -0.446 e. The predicted octanol–water partition coefficient (Wildman–Crippen LogP) is 4.87. The molecule has 162 valence electrons. The second-order valence-corrected chi connectivity index (χ2v) is 7.79. The topological polar surface area (TPSA) is 81.1 Å². The van der Waals surface area contributed by atoms with E-state index in [0.29, 0.717) is 18.9 Å². The van der Waals surface area contributed by atoms with Crippen LogP contribution in [0.3, 0.4) is 0 Å². The van der Waals surface area contributed by atoms with E-state index in [1.807, 2.05) is 66.7 Å². The molecule has 0 spiro atoms. The standard InChI is InChI=1S/C27H27N3O2/c28-24(18-20-10-4-1-5-11-20)27-30-25(19-32-27)26(31)29-17-16-23(21-12-6-2-7-13-21)22-14-8-3-9-15-22/h1-15,19,23-24H,16-18,28H2,(H,29,31). The first-order valence-electron chi connectivity index (χ1n) is 10.8. The Morgan fingerprint density at radius 1 is 0.875 bits per heavy atom. The van der Waals surface area contributed by atoms with Crippen molar-refractivity contribution in [2.75, 3.05) is 6.54 Å². The third kappa shape index (κ3) is 5.50. The van der Waals surface area contributed by atoms with Crippen LogP contribution in [0.25, 0.3) is 0 Å². The van der Waals surface area contributed by atoms with E-state index in [4.69, 9.17) is 10.2 Å². The number of benzene rings is 3. The van der Waals surface area contributed by atoms with E-state index in [1.165, 1.54) is 17.4 Å². The summed E-state index contributed by atoms with van der Waals surface area (Å²) in [5, 5.41) is 2.97. The number of oxazole rings is 1. The molecule has 4 rings (SSSR count). The number of nitrogens with one attached hydrogen (secondary N) is 1. The minimum absolute atomic E-state index is 0.199. The minimum atomic E-state index is -0.403. The molecule has 1 unspecified atom stereocenters. The first-order valence-corrected chi connectivity index (χ1v) is 10.8. The molecule has 0 radical (unpaired) electrons. The molecule has 5 heteroatoms. The number of amides is 1. The molecule has 0 aliphatic heterocycles. The maximum absolute atomic E-state index is 12.6. The smallest absolute Gasteiger partial charge is 0.273 e. The Bertz CT molecular complexity index is 1070. The van der Waals surface area contributed by atoms with Crippen LogP contribution in [0.5, 0.6) is 0 Å². The van der Waals surface area contributed by atoms with Crippen LogP contribution in [-0.4, -0.2) is 17.4 Å². The summed E-state index contributed by atoms with van der Waals surface area (Å²) in [5.41, 5.74) is 10.0. The summed E-state index contributed by atoms with van der Waals surface area (Å²) >= 11 is 0. The van der Waals surface area contributed by atoms with Crippen molar-refractivity contribution in [1.29, 1.82) is 0 Å². The van der Waals surface area contributed by atoms with Crippen molar-refractivity contribution in [3.05, 3.63) is 126 Å². The lowest BCUT2D eigenvalue weighted by Crippen LogP contribution is -2.26. The van der Waals surface area contributed by atoms with Gasteiger partial charge in [-0.2, -0.15) is 0 Å². The lowest BCUT2D eigenvalue weighted by Gasteiger charge is -2.18. The number of nitrogens with two attached hydrogens (primary N) is 1. The van der Waals surface area contributed by atoms with Crippen LogP contribution in [0.4, 0.5) is 0 Å². The van der Waals surface area contributed by atoms with Gasteiger partial charge in [0.15, 0.2) is 5.69 Å². The van der Waals surface area contributed by atoms with Crippen molar-refractivity contribution in [2.24, 2.45) is 5.73 Å². The van der Waals surface area contributed by atoms with Gasteiger partial charge < -0.3 is 15.5 Å². The molecular weight excluding hydrogens is 398 g/mol. The molecule has 0 aliphatic carbocycles. The van der Waals surface area contributed by atoms with E-state index in [9.17, 15) is 4.79 Å². The van der Waals surface area contributed by atoms with Gasteiger partial charge in [-0.1, -0.05) is 91.0 Å². The van der Waals surface area contributed by atoms with Gasteiger partial charge in [0.05, 0.1) is 6.04 Å². The second-order valence-electron chi connectivity index (χ2n) is 7.79. The van der Waals surface area contributed by atoms with E-state index >= 15 is 0 Å². The quantitative estimate of drug-likeness (QED) is 0.401. The Morgan fingerprint density at radius 2 is 1.44 bits per heavy atom. The molecule has 4 aromatic rings. The highest BCUT2D eigenvalue weighted by molar-refractivity contribution is 5.91. The van der Waals surface area contributed by atoms with Crippen molar-refractivity contribution in [2.45, 2.75) is 24.8 Å². The zero-order chi connectivity index (χ0) is 22.2. The maximum atomic E-state index is 12.6. The molecule has 1 amide bonds. The van der Waals surface area contributed by atoms with Crippen LogP contribution in [-0.2, 0) is 6.42 Å². The van der Waals surface area contributed by atoms with Crippen molar-refractivity contribution in [1.82, 2.24) is 10.3 Å². The number of nitrogens with zero attached hydrogens (tertiary/aromatic N) is 1. The van der Waals surface area contributed by atoms with Crippen LogP contribution < -0.4 is 11.1 Å². The fourth-order valence-corrected chi connectivity index (χ4v) is 3.83. The van der Waals surface area contributed by atoms with Crippen molar-refractivity contribution in [3.8, 4) is 0 Å². The van der Waals surface area contributed by atoms with Gasteiger partial charge in [0.25, 0.3) is 5.91 Å². The summed E-state index contributed by atoms with van der Waals surface area (Å²) in [6.45, 7) is 0.519. The van der Waals surface area contributed by atoms with Gasteiger partial charge in [-0.25, -0.2) is 4.98 Å². The van der Waals surface area contributed by atoms with E-state index < -0.39 is 6.04 Å². The average molecular weight is 426 g/mol. The lowest BCUT2D eigenvalue weighted by atomic mass is 9.88. The average Bonchev–Trinajstić information content (AvgIpc) is 3.34. The van der Waals surface area contributed by atoms with Crippen molar-refractivity contribution >= 4 is 5.91 Å². The molecule has 3 N–H and O–H groups in total. The number of carbonyl (C=O) groups is 1. The van der Waals surface area contributed by atoms with Crippen LogP contribution in [0.2, 0.25) is 0 Å². The molecular formula is C27H27N3O2. The molecule has 1 aromatic heterocycles. The fourth-order valence-electron chi connectivity index (χ4n) is 3.83. The summed E-state index contributed by atoms with van der Waals surface area (Å²) in [6.07, 6.45) is 2.75. The number of carbonyl (C=O) groups excluding carboxylic acids is 1. The van der Waals surface area contributed by atoms with Crippen molar-refractivity contribution < 1.29 is 9.21 Å². The molecule has 1 atom stereocenters. The summed E-state index contributed by atoms with van der Waals surface area (Å²) in [6, 6.07) is 30.2. The van der Waals surface area contributed by atoms with Crippen LogP contribution in [0.1, 0.15) is 51.5 Å². The van der Waals surface area contributed by atoms with Crippen LogP contribution in [0, 0.1) is 0 Å². The van der Waals surface area contributed by atoms with E-state index in [2.05, 4.69) is 34.6 Å². The highest BCUT2D eigenvalue weighted by Gasteiger charge is 2.18. The zero-order valence-electron chi connectivity index (χ0n) is 17.9. The van der Waals surface area contributed by atoms with Crippen LogP contribution in [0.15, 0.2) is 102 Å². The van der Waals surface area contributed by atoms with Gasteiger partial charge >= 0.3 is 0 Å². The van der Waals surface area contributed by atoms with Gasteiger partial charge in [-0.05, 0) is 29.5 Å². The first kappa shape index (κ1) is 21.5. The Balaban J connectivity index is 1.36. The highest BCUT2D eigenvalue weighted by Crippen LogP contribution is 2.27. The van der Waals surface area contributed by atoms with Gasteiger partial charge in [0.2, 0.25) is 5.89 Å².